The topological polar surface area (TPSA) is 60.4 Å². The van der Waals surface area contributed by atoms with Gasteiger partial charge in [0.1, 0.15) is 11.7 Å². The molecular formula is C8H12O4. The summed E-state index contributed by atoms with van der Waals surface area (Å²) in [5.74, 6) is -2.51. The van der Waals surface area contributed by atoms with E-state index in [-0.39, 0.29) is 12.2 Å². The highest BCUT2D eigenvalue weighted by atomic mass is 16.6. The highest BCUT2D eigenvalue weighted by Crippen LogP contribution is 2.03. The summed E-state index contributed by atoms with van der Waals surface area (Å²) in [4.78, 5) is 32.1. The molecule has 0 aliphatic heterocycles. The molecule has 68 valence electrons. The predicted octanol–water partition coefficient (Wildman–Crippen LogP) is 0.691. The molecule has 4 nitrogen and oxygen atoms in total. The third-order valence-electron chi connectivity index (χ3n) is 1.43. The second-order valence-corrected chi connectivity index (χ2v) is 2.45. The second-order valence-electron chi connectivity index (χ2n) is 2.45. The second kappa shape index (κ2) is 4.64. The van der Waals surface area contributed by atoms with Crippen molar-refractivity contribution in [1.82, 2.24) is 0 Å². The van der Waals surface area contributed by atoms with E-state index >= 15 is 0 Å². The van der Waals surface area contributed by atoms with E-state index in [4.69, 9.17) is 0 Å². The molecule has 0 saturated heterocycles. The molecule has 12 heavy (non-hydrogen) atoms. The number of esters is 2. The van der Waals surface area contributed by atoms with Crippen molar-refractivity contribution in [3.8, 4) is 0 Å². The summed E-state index contributed by atoms with van der Waals surface area (Å²) in [5.41, 5.74) is 0. The summed E-state index contributed by atoms with van der Waals surface area (Å²) in [6.07, 6.45) is 0.272. The largest absolute Gasteiger partial charge is 0.393 e. The Morgan fingerprint density at radius 1 is 1.33 bits per heavy atom. The van der Waals surface area contributed by atoms with Gasteiger partial charge in [0, 0.05) is 13.3 Å². The molecule has 0 aliphatic rings. The van der Waals surface area contributed by atoms with Crippen LogP contribution in [0, 0.1) is 5.92 Å². The molecule has 1 atom stereocenters. The molecule has 0 aromatic rings. The number of hydrogen-bond acceptors (Lipinski definition) is 4. The fourth-order valence-electron chi connectivity index (χ4n) is 0.668. The fraction of sp³-hybridized carbons (Fsp3) is 0.625. The Morgan fingerprint density at radius 3 is 2.17 bits per heavy atom. The van der Waals surface area contributed by atoms with E-state index in [0.29, 0.717) is 0 Å². The van der Waals surface area contributed by atoms with Gasteiger partial charge in [0.2, 0.25) is 0 Å². The smallest absolute Gasteiger partial charge is 0.323 e. The van der Waals surface area contributed by atoms with Crippen LogP contribution in [-0.4, -0.2) is 17.7 Å². The van der Waals surface area contributed by atoms with E-state index in [0.717, 1.165) is 6.92 Å². The number of hydrogen-bond donors (Lipinski definition) is 0. The third-order valence-corrected chi connectivity index (χ3v) is 1.43. The van der Waals surface area contributed by atoms with Crippen molar-refractivity contribution >= 4 is 17.7 Å². The SMILES string of the molecule is CCC(=O)C(C)C(=O)OC(C)=O. The third kappa shape index (κ3) is 3.27. The number of carbonyl (C=O) groups excluding carboxylic acids is 3. The Balaban J connectivity index is 4.10. The van der Waals surface area contributed by atoms with Crippen LogP contribution in [0.25, 0.3) is 0 Å². The van der Waals surface area contributed by atoms with E-state index in [1.54, 1.807) is 6.92 Å². The average Bonchev–Trinajstić information content (AvgIpc) is 2.00. The molecule has 0 bridgehead atoms. The zero-order valence-electron chi connectivity index (χ0n) is 7.42. The van der Waals surface area contributed by atoms with Gasteiger partial charge in [0.15, 0.2) is 0 Å². The van der Waals surface area contributed by atoms with E-state index in [1.165, 1.54) is 6.92 Å². The van der Waals surface area contributed by atoms with Crippen molar-refractivity contribution in [3.63, 3.8) is 0 Å². The number of rotatable bonds is 3. The van der Waals surface area contributed by atoms with Crippen LogP contribution < -0.4 is 0 Å². The fourth-order valence-corrected chi connectivity index (χ4v) is 0.668. The van der Waals surface area contributed by atoms with Crippen LogP contribution >= 0.6 is 0 Å². The predicted molar refractivity (Wildman–Crippen MR) is 41.2 cm³/mol. The minimum atomic E-state index is -0.834. The first kappa shape index (κ1) is 10.8. The maximum atomic E-state index is 10.9. The van der Waals surface area contributed by atoms with Gasteiger partial charge in [0.05, 0.1) is 0 Å². The minimum Gasteiger partial charge on any atom is -0.393 e. The van der Waals surface area contributed by atoms with Gasteiger partial charge in [-0.3, -0.25) is 14.4 Å². The maximum Gasteiger partial charge on any atom is 0.323 e. The molecule has 0 aromatic carbocycles. The lowest BCUT2D eigenvalue weighted by Gasteiger charge is -2.05. The summed E-state index contributed by atoms with van der Waals surface area (Å²) in [5, 5.41) is 0. The quantitative estimate of drug-likeness (QED) is 0.464. The van der Waals surface area contributed by atoms with Gasteiger partial charge in [-0.2, -0.15) is 0 Å². The first-order valence-corrected chi connectivity index (χ1v) is 3.74. The standard InChI is InChI=1S/C8H12O4/c1-4-7(10)5(2)8(11)12-6(3)9/h5H,4H2,1-3H3. The molecule has 0 aliphatic carbocycles. The van der Waals surface area contributed by atoms with Gasteiger partial charge < -0.3 is 4.74 Å². The van der Waals surface area contributed by atoms with Crippen LogP contribution in [0.1, 0.15) is 27.2 Å². The summed E-state index contributed by atoms with van der Waals surface area (Å²) in [6.45, 7) is 4.21. The highest BCUT2D eigenvalue weighted by molar-refractivity contribution is 6.01. The number of ether oxygens (including phenoxy) is 1. The maximum absolute atomic E-state index is 10.9. The van der Waals surface area contributed by atoms with Crippen molar-refractivity contribution in [2.24, 2.45) is 5.92 Å². The van der Waals surface area contributed by atoms with Crippen molar-refractivity contribution in [2.75, 3.05) is 0 Å². The molecular weight excluding hydrogens is 160 g/mol. The molecule has 0 aromatic heterocycles. The highest BCUT2D eigenvalue weighted by Gasteiger charge is 2.22. The van der Waals surface area contributed by atoms with E-state index in [2.05, 4.69) is 4.74 Å². The molecule has 0 heterocycles. The van der Waals surface area contributed by atoms with E-state index in [9.17, 15) is 14.4 Å². The van der Waals surface area contributed by atoms with Crippen LogP contribution in [0.15, 0.2) is 0 Å². The van der Waals surface area contributed by atoms with Crippen molar-refractivity contribution in [2.45, 2.75) is 27.2 Å². The normalized spacial score (nSPS) is 11.9. The van der Waals surface area contributed by atoms with E-state index in [1.807, 2.05) is 0 Å². The van der Waals surface area contributed by atoms with Gasteiger partial charge in [-0.25, -0.2) is 0 Å². The van der Waals surface area contributed by atoms with Gasteiger partial charge >= 0.3 is 11.9 Å². The zero-order chi connectivity index (χ0) is 9.72. The molecule has 1 unspecified atom stereocenters. The Morgan fingerprint density at radius 2 is 1.83 bits per heavy atom. The van der Waals surface area contributed by atoms with Crippen LogP contribution in [0.4, 0.5) is 0 Å². The summed E-state index contributed by atoms with van der Waals surface area (Å²) in [6, 6.07) is 0. The molecule has 0 amide bonds. The summed E-state index contributed by atoms with van der Waals surface area (Å²) < 4.78 is 4.24. The lowest BCUT2D eigenvalue weighted by atomic mass is 10.1. The average molecular weight is 172 g/mol. The number of carbonyl (C=O) groups is 3. The van der Waals surface area contributed by atoms with Crippen molar-refractivity contribution in [1.29, 1.82) is 0 Å². The van der Waals surface area contributed by atoms with Gasteiger partial charge in [0.25, 0.3) is 0 Å². The van der Waals surface area contributed by atoms with Crippen molar-refractivity contribution < 1.29 is 19.1 Å². The molecule has 0 spiro atoms. The molecule has 0 rings (SSSR count). The Bertz CT molecular complexity index is 207. The molecule has 0 N–H and O–H groups in total. The number of ketones is 1. The van der Waals surface area contributed by atoms with Crippen LogP contribution in [0.5, 0.6) is 0 Å². The van der Waals surface area contributed by atoms with Gasteiger partial charge in [-0.05, 0) is 6.92 Å². The molecule has 0 radical (unpaired) electrons. The summed E-state index contributed by atoms with van der Waals surface area (Å²) in [7, 11) is 0. The van der Waals surface area contributed by atoms with Gasteiger partial charge in [-0.15, -0.1) is 0 Å². The zero-order valence-corrected chi connectivity index (χ0v) is 7.42. The monoisotopic (exact) mass is 172 g/mol. The lowest BCUT2D eigenvalue weighted by Crippen LogP contribution is -2.24. The first-order chi connectivity index (χ1) is 5.49. The summed E-state index contributed by atoms with van der Waals surface area (Å²) >= 11 is 0. The minimum absolute atomic E-state index is 0.221. The van der Waals surface area contributed by atoms with E-state index < -0.39 is 17.9 Å². The Hall–Kier alpha value is -1.19. The van der Waals surface area contributed by atoms with Crippen molar-refractivity contribution in [3.05, 3.63) is 0 Å². The first-order valence-electron chi connectivity index (χ1n) is 3.74. The van der Waals surface area contributed by atoms with Gasteiger partial charge in [-0.1, -0.05) is 6.92 Å². The Kier molecular flexibility index (Phi) is 4.18. The van der Waals surface area contributed by atoms with Crippen LogP contribution in [0.2, 0.25) is 0 Å². The molecule has 0 saturated carbocycles. The van der Waals surface area contributed by atoms with Crippen LogP contribution in [-0.2, 0) is 19.1 Å². The molecule has 4 heteroatoms. The van der Waals surface area contributed by atoms with Crippen LogP contribution in [0.3, 0.4) is 0 Å². The lowest BCUT2D eigenvalue weighted by molar-refractivity contribution is -0.161. The number of Topliss-reactive ketones (excluding diaryl/α,β-unsaturated/α-hetero) is 1. The Labute approximate surface area is 70.9 Å². The molecule has 0 fully saturated rings.